The summed E-state index contributed by atoms with van der Waals surface area (Å²) in [4.78, 5) is 14.8. The highest BCUT2D eigenvalue weighted by Gasteiger charge is 2.08. The molecule has 1 aromatic rings. The largest absolute Gasteiger partial charge is 0.478 e. The second kappa shape index (κ2) is 9.40. The number of aromatic nitrogens is 1. The van der Waals surface area contributed by atoms with Crippen LogP contribution >= 0.6 is 0 Å². The molecule has 0 bridgehead atoms. The van der Waals surface area contributed by atoms with Gasteiger partial charge in [-0.3, -0.25) is 13.4 Å². The zero-order valence-electron chi connectivity index (χ0n) is 11.7. The van der Waals surface area contributed by atoms with E-state index in [1.807, 2.05) is 0 Å². The molecule has 0 unspecified atom stereocenters. The van der Waals surface area contributed by atoms with E-state index in [2.05, 4.69) is 20.3 Å². The lowest BCUT2D eigenvalue weighted by atomic mass is 10.1. The van der Waals surface area contributed by atoms with Crippen LogP contribution in [-0.4, -0.2) is 38.7 Å². The summed E-state index contributed by atoms with van der Waals surface area (Å²) in [5.41, 5.74) is 1.02. The molecular weight excluding hydrogens is 286 g/mol. The van der Waals surface area contributed by atoms with Crippen molar-refractivity contribution in [1.29, 1.82) is 0 Å². The quantitative estimate of drug-likeness (QED) is 0.852. The molecule has 0 aliphatic rings. The van der Waals surface area contributed by atoms with Crippen LogP contribution in [0.2, 0.25) is 0 Å². The van der Waals surface area contributed by atoms with E-state index in [4.69, 9.17) is 5.11 Å². The third-order valence-corrected chi connectivity index (χ3v) is 3.11. The third kappa shape index (κ3) is 7.17. The third-order valence-electron chi connectivity index (χ3n) is 2.30. The Morgan fingerprint density at radius 3 is 2.35 bits per heavy atom. The summed E-state index contributed by atoms with van der Waals surface area (Å²) in [7, 11) is -1.60. The minimum atomic E-state index is -3.66. The smallest absolute Gasteiger partial charge is 0.399 e. The Hall–Kier alpha value is -1.51. The van der Waals surface area contributed by atoms with Gasteiger partial charge in [-0.15, -0.1) is 0 Å². The fourth-order valence-corrected chi connectivity index (χ4v) is 1.38. The predicted octanol–water partition coefficient (Wildman–Crippen LogP) is 1.65. The number of carboxylic acid groups (broad SMARTS) is 1. The number of aryl methyl sites for hydroxylation is 1. The van der Waals surface area contributed by atoms with Gasteiger partial charge in [-0.25, -0.2) is 4.79 Å². The fraction of sp³-hybridized carbons (Fsp3) is 0.500. The molecule has 1 aromatic heterocycles. The van der Waals surface area contributed by atoms with E-state index in [1.165, 1.54) is 0 Å². The fourth-order valence-electron chi connectivity index (χ4n) is 1.24. The van der Waals surface area contributed by atoms with Gasteiger partial charge in [0.1, 0.15) is 0 Å². The monoisotopic (exact) mass is 305 g/mol. The van der Waals surface area contributed by atoms with Crippen LogP contribution in [-0.2, 0) is 25.2 Å². The summed E-state index contributed by atoms with van der Waals surface area (Å²) in [6.45, 7) is 2.07. The number of unbranched alkanes of at least 4 members (excludes halogenated alkanes) is 1. The second-order valence-corrected chi connectivity index (χ2v) is 5.13. The average molecular weight is 305 g/mol. The summed E-state index contributed by atoms with van der Waals surface area (Å²) >= 11 is 0. The summed E-state index contributed by atoms with van der Waals surface area (Å²) in [5, 5.41) is 8.82. The number of pyridine rings is 1. The molecule has 0 spiro atoms. The van der Waals surface area contributed by atoms with Crippen LogP contribution < -0.4 is 0 Å². The maximum Gasteiger partial charge on any atom is 0.399 e. The molecule has 0 aromatic carbocycles. The van der Waals surface area contributed by atoms with Gasteiger partial charge in [0.25, 0.3) is 0 Å². The number of carboxylic acids is 1. The van der Waals surface area contributed by atoms with Crippen molar-refractivity contribution in [3.8, 4) is 0 Å². The van der Waals surface area contributed by atoms with E-state index in [9.17, 15) is 13.2 Å². The zero-order chi connectivity index (χ0) is 15.6. The molecule has 0 fully saturated rings. The van der Waals surface area contributed by atoms with Gasteiger partial charge in [0.05, 0.1) is 25.5 Å². The van der Waals surface area contributed by atoms with Crippen molar-refractivity contribution in [3.05, 3.63) is 29.6 Å². The number of rotatable bonds is 6. The lowest BCUT2D eigenvalue weighted by Gasteiger charge is -2.02. The van der Waals surface area contributed by atoms with Crippen LogP contribution in [0.3, 0.4) is 0 Å². The molecule has 114 valence electrons. The first-order valence-corrected chi connectivity index (χ1v) is 7.24. The van der Waals surface area contributed by atoms with Gasteiger partial charge in [0.2, 0.25) is 0 Å². The van der Waals surface area contributed by atoms with Gasteiger partial charge in [-0.2, -0.15) is 8.42 Å². The van der Waals surface area contributed by atoms with E-state index in [1.54, 1.807) is 18.3 Å². The van der Waals surface area contributed by atoms with Crippen molar-refractivity contribution in [1.82, 2.24) is 4.98 Å². The normalized spacial score (nSPS) is 10.6. The zero-order valence-corrected chi connectivity index (χ0v) is 12.5. The molecule has 0 atom stereocenters. The Labute approximate surface area is 118 Å². The van der Waals surface area contributed by atoms with Gasteiger partial charge >= 0.3 is 16.4 Å². The first-order valence-electron chi connectivity index (χ1n) is 5.91. The van der Waals surface area contributed by atoms with Crippen LogP contribution in [0.5, 0.6) is 0 Å². The van der Waals surface area contributed by atoms with Crippen LogP contribution in [0.15, 0.2) is 18.3 Å². The highest BCUT2D eigenvalue weighted by Crippen LogP contribution is 2.08. The summed E-state index contributed by atoms with van der Waals surface area (Å²) in [6, 6.07) is 3.25. The lowest BCUT2D eigenvalue weighted by molar-refractivity contribution is 0.0695. The summed E-state index contributed by atoms with van der Waals surface area (Å²) < 4.78 is 27.5. The molecule has 0 amide bonds. The van der Waals surface area contributed by atoms with Crippen LogP contribution in [0, 0.1) is 0 Å². The Bertz CT molecular complexity index is 504. The van der Waals surface area contributed by atoms with Crippen molar-refractivity contribution >= 4 is 16.4 Å². The van der Waals surface area contributed by atoms with Gasteiger partial charge in [-0.05, 0) is 25.0 Å². The van der Waals surface area contributed by atoms with E-state index in [0.29, 0.717) is 11.3 Å². The van der Waals surface area contributed by atoms with E-state index in [0.717, 1.165) is 33.5 Å². The first-order chi connectivity index (χ1) is 9.37. The van der Waals surface area contributed by atoms with Gasteiger partial charge in [0.15, 0.2) is 0 Å². The van der Waals surface area contributed by atoms with E-state index in [-0.39, 0.29) is 0 Å². The maximum absolute atomic E-state index is 10.7. The van der Waals surface area contributed by atoms with Crippen molar-refractivity contribution in [2.45, 2.75) is 26.2 Å². The minimum absolute atomic E-state index is 0.330. The first kappa shape index (κ1) is 18.5. The van der Waals surface area contributed by atoms with Gasteiger partial charge in [0, 0.05) is 6.20 Å². The molecule has 0 aliphatic carbocycles. The van der Waals surface area contributed by atoms with Crippen LogP contribution in [0.4, 0.5) is 0 Å². The van der Waals surface area contributed by atoms with Gasteiger partial charge in [-0.1, -0.05) is 13.3 Å². The Balaban J connectivity index is 0.000000441. The SMILES string of the molecule is CCCCc1ncccc1C(=O)O.COS(=O)(=O)OC. The summed E-state index contributed by atoms with van der Waals surface area (Å²) in [5.74, 6) is -0.890. The van der Waals surface area contributed by atoms with E-state index < -0.39 is 16.4 Å². The molecule has 0 saturated heterocycles. The van der Waals surface area contributed by atoms with Crippen molar-refractivity contribution in [2.24, 2.45) is 0 Å². The molecule has 20 heavy (non-hydrogen) atoms. The van der Waals surface area contributed by atoms with Crippen molar-refractivity contribution in [2.75, 3.05) is 14.2 Å². The van der Waals surface area contributed by atoms with E-state index >= 15 is 0 Å². The standard InChI is InChI=1S/C10H13NO2.C2H6O4S/c1-2-3-6-9-8(10(12)13)5-4-7-11-9;1-5-7(3,4)6-2/h4-5,7H,2-3,6H2,1H3,(H,12,13);1-2H3. The van der Waals surface area contributed by atoms with Crippen molar-refractivity contribution < 1.29 is 26.7 Å². The number of aromatic carboxylic acids is 1. The summed E-state index contributed by atoms with van der Waals surface area (Å²) in [6.07, 6.45) is 4.42. The topological polar surface area (TPSA) is 103 Å². The Kier molecular flexibility index (Phi) is 8.69. The highest BCUT2D eigenvalue weighted by molar-refractivity contribution is 7.81. The molecule has 8 heteroatoms. The molecule has 0 saturated carbocycles. The number of carbonyl (C=O) groups is 1. The molecule has 7 nitrogen and oxygen atoms in total. The molecule has 1 heterocycles. The molecule has 0 aliphatic heterocycles. The molecular formula is C12H19NO6S. The van der Waals surface area contributed by atoms with Crippen molar-refractivity contribution in [3.63, 3.8) is 0 Å². The minimum Gasteiger partial charge on any atom is -0.478 e. The number of hydrogen-bond acceptors (Lipinski definition) is 6. The number of hydrogen-bond donors (Lipinski definition) is 1. The molecule has 1 N–H and O–H groups in total. The molecule has 1 rings (SSSR count). The van der Waals surface area contributed by atoms with Crippen LogP contribution in [0.1, 0.15) is 35.8 Å². The van der Waals surface area contributed by atoms with Gasteiger partial charge < -0.3 is 5.11 Å². The Morgan fingerprint density at radius 2 is 1.95 bits per heavy atom. The maximum atomic E-state index is 10.7. The molecule has 0 radical (unpaired) electrons. The highest BCUT2D eigenvalue weighted by atomic mass is 32.3. The lowest BCUT2D eigenvalue weighted by Crippen LogP contribution is -2.04. The average Bonchev–Trinajstić information content (AvgIpc) is 2.46. The predicted molar refractivity (Wildman–Crippen MR) is 72.7 cm³/mol. The van der Waals surface area contributed by atoms with Crippen LogP contribution in [0.25, 0.3) is 0 Å². The number of nitrogens with zero attached hydrogens (tertiary/aromatic N) is 1. The Morgan fingerprint density at radius 1 is 1.35 bits per heavy atom. The second-order valence-electron chi connectivity index (χ2n) is 3.65.